The van der Waals surface area contributed by atoms with Crippen molar-refractivity contribution in [3.05, 3.63) is 29.8 Å². The third kappa shape index (κ3) is 5.65. The second kappa shape index (κ2) is 7.68. The largest absolute Gasteiger partial charge is 0.484 e. The average molecular weight is 253 g/mol. The third-order valence-corrected chi connectivity index (χ3v) is 2.28. The highest BCUT2D eigenvalue weighted by Gasteiger charge is 2.07. The summed E-state index contributed by atoms with van der Waals surface area (Å²) in [5.74, 6) is 0.374. The molecule has 1 atom stereocenters. The van der Waals surface area contributed by atoms with Crippen molar-refractivity contribution in [3.8, 4) is 5.75 Å². The Morgan fingerprint density at radius 3 is 2.67 bits per heavy atom. The lowest BCUT2D eigenvalue weighted by Gasteiger charge is -2.11. The highest BCUT2D eigenvalue weighted by Crippen LogP contribution is 2.10. The molecule has 0 radical (unpaired) electrons. The van der Waals surface area contributed by atoms with Crippen LogP contribution in [0.3, 0.4) is 0 Å². The molecule has 0 aliphatic carbocycles. The van der Waals surface area contributed by atoms with E-state index in [9.17, 15) is 9.90 Å². The summed E-state index contributed by atoms with van der Waals surface area (Å²) in [4.78, 5) is 11.4. The Morgan fingerprint density at radius 2 is 2.06 bits per heavy atom. The minimum absolute atomic E-state index is 0.0667. The van der Waals surface area contributed by atoms with Gasteiger partial charge in [0, 0.05) is 13.7 Å². The molecule has 18 heavy (non-hydrogen) atoms. The molecule has 0 aromatic heterocycles. The van der Waals surface area contributed by atoms with Crippen LogP contribution in [0.15, 0.2) is 24.3 Å². The smallest absolute Gasteiger partial charge is 0.258 e. The molecule has 0 saturated carbocycles. The minimum Gasteiger partial charge on any atom is -0.484 e. The fourth-order valence-corrected chi connectivity index (χ4v) is 1.32. The van der Waals surface area contributed by atoms with Gasteiger partial charge in [-0.25, -0.2) is 0 Å². The number of nitrogens with one attached hydrogen (secondary N) is 1. The number of benzene rings is 1. The van der Waals surface area contributed by atoms with Crippen LogP contribution in [-0.2, 0) is 9.53 Å². The number of aliphatic hydroxyl groups is 1. The maximum atomic E-state index is 11.4. The van der Waals surface area contributed by atoms with Gasteiger partial charge in [-0.2, -0.15) is 0 Å². The van der Waals surface area contributed by atoms with Gasteiger partial charge in [0.05, 0.1) is 12.7 Å². The summed E-state index contributed by atoms with van der Waals surface area (Å²) in [6.45, 7) is 2.26. The first kappa shape index (κ1) is 14.5. The molecule has 5 heteroatoms. The van der Waals surface area contributed by atoms with Crippen LogP contribution in [-0.4, -0.2) is 44.0 Å². The third-order valence-electron chi connectivity index (χ3n) is 2.28. The molecule has 1 unspecified atom stereocenters. The van der Waals surface area contributed by atoms with Crippen LogP contribution in [0.25, 0.3) is 0 Å². The number of ether oxygens (including phenoxy) is 2. The molecule has 0 aliphatic heterocycles. The Kier molecular flexibility index (Phi) is 6.18. The first-order valence-electron chi connectivity index (χ1n) is 5.75. The molecule has 0 spiro atoms. The van der Waals surface area contributed by atoms with E-state index in [1.54, 1.807) is 0 Å². The van der Waals surface area contributed by atoms with Crippen LogP contribution in [0, 0.1) is 6.92 Å². The van der Waals surface area contributed by atoms with E-state index in [4.69, 9.17) is 9.47 Å². The SMILES string of the molecule is COCC(O)CNC(=O)COc1ccc(C)cc1. The van der Waals surface area contributed by atoms with E-state index in [2.05, 4.69) is 5.32 Å². The fourth-order valence-electron chi connectivity index (χ4n) is 1.32. The minimum atomic E-state index is -0.696. The second-order valence-corrected chi connectivity index (χ2v) is 4.01. The van der Waals surface area contributed by atoms with E-state index in [0.717, 1.165) is 5.56 Å². The van der Waals surface area contributed by atoms with Gasteiger partial charge < -0.3 is 19.9 Å². The number of aliphatic hydroxyl groups excluding tert-OH is 1. The van der Waals surface area contributed by atoms with Crippen LogP contribution in [0.5, 0.6) is 5.75 Å². The molecule has 1 aromatic carbocycles. The maximum Gasteiger partial charge on any atom is 0.258 e. The maximum absolute atomic E-state index is 11.4. The lowest BCUT2D eigenvalue weighted by Crippen LogP contribution is -2.36. The van der Waals surface area contributed by atoms with Crippen molar-refractivity contribution in [1.29, 1.82) is 0 Å². The molecule has 0 saturated heterocycles. The average Bonchev–Trinajstić information content (AvgIpc) is 2.36. The zero-order valence-electron chi connectivity index (χ0n) is 10.7. The quantitative estimate of drug-likeness (QED) is 0.742. The standard InChI is InChI=1S/C13H19NO4/c1-10-3-5-12(6-4-10)18-9-13(16)14-7-11(15)8-17-2/h3-6,11,15H,7-9H2,1-2H3,(H,14,16). The van der Waals surface area contributed by atoms with Gasteiger partial charge in [0.1, 0.15) is 5.75 Å². The van der Waals surface area contributed by atoms with Crippen LogP contribution in [0.1, 0.15) is 5.56 Å². The van der Waals surface area contributed by atoms with Crippen molar-refractivity contribution in [2.24, 2.45) is 0 Å². The van der Waals surface area contributed by atoms with Gasteiger partial charge in [-0.1, -0.05) is 17.7 Å². The molecule has 1 aromatic rings. The number of rotatable bonds is 7. The Morgan fingerprint density at radius 1 is 1.39 bits per heavy atom. The monoisotopic (exact) mass is 253 g/mol. The highest BCUT2D eigenvalue weighted by atomic mass is 16.5. The van der Waals surface area contributed by atoms with Gasteiger partial charge in [-0.15, -0.1) is 0 Å². The molecule has 1 rings (SSSR count). The predicted octanol–water partition coefficient (Wildman–Crippen LogP) is 0.497. The lowest BCUT2D eigenvalue weighted by atomic mass is 10.2. The Hall–Kier alpha value is -1.59. The summed E-state index contributed by atoms with van der Waals surface area (Å²) >= 11 is 0. The summed E-state index contributed by atoms with van der Waals surface area (Å²) in [5, 5.41) is 11.9. The van der Waals surface area contributed by atoms with Crippen molar-refractivity contribution in [2.45, 2.75) is 13.0 Å². The van der Waals surface area contributed by atoms with Gasteiger partial charge in [0.15, 0.2) is 6.61 Å². The molecule has 0 fully saturated rings. The van der Waals surface area contributed by atoms with Crippen LogP contribution in [0.4, 0.5) is 0 Å². The summed E-state index contributed by atoms with van der Waals surface area (Å²) in [5.41, 5.74) is 1.13. The van der Waals surface area contributed by atoms with E-state index in [-0.39, 0.29) is 25.7 Å². The number of aryl methyl sites for hydroxylation is 1. The van der Waals surface area contributed by atoms with Crippen LogP contribution in [0.2, 0.25) is 0 Å². The highest BCUT2D eigenvalue weighted by molar-refractivity contribution is 5.77. The zero-order chi connectivity index (χ0) is 13.4. The van der Waals surface area contributed by atoms with E-state index in [1.165, 1.54) is 7.11 Å². The van der Waals surface area contributed by atoms with Crippen molar-refractivity contribution < 1.29 is 19.4 Å². The Balaban J connectivity index is 2.22. The number of carbonyl (C=O) groups excluding carboxylic acids is 1. The van der Waals surface area contributed by atoms with Crippen molar-refractivity contribution in [1.82, 2.24) is 5.32 Å². The zero-order valence-corrected chi connectivity index (χ0v) is 10.7. The van der Waals surface area contributed by atoms with Gasteiger partial charge in [0.2, 0.25) is 0 Å². The summed E-state index contributed by atoms with van der Waals surface area (Å²) < 4.78 is 10.0. The molecule has 0 heterocycles. The lowest BCUT2D eigenvalue weighted by molar-refractivity contribution is -0.123. The first-order chi connectivity index (χ1) is 8.61. The molecular formula is C13H19NO4. The molecular weight excluding hydrogens is 234 g/mol. The predicted molar refractivity (Wildman–Crippen MR) is 67.6 cm³/mol. The Labute approximate surface area is 107 Å². The van der Waals surface area contributed by atoms with Crippen molar-refractivity contribution >= 4 is 5.91 Å². The number of carbonyl (C=O) groups is 1. The normalized spacial score (nSPS) is 11.9. The summed E-state index contributed by atoms with van der Waals surface area (Å²) in [6, 6.07) is 7.44. The van der Waals surface area contributed by atoms with Gasteiger partial charge in [-0.3, -0.25) is 4.79 Å². The van der Waals surface area contributed by atoms with Crippen LogP contribution < -0.4 is 10.1 Å². The van der Waals surface area contributed by atoms with E-state index in [0.29, 0.717) is 5.75 Å². The van der Waals surface area contributed by atoms with Gasteiger partial charge >= 0.3 is 0 Å². The number of hydrogen-bond acceptors (Lipinski definition) is 4. The Bertz CT molecular complexity index is 364. The molecule has 100 valence electrons. The van der Waals surface area contributed by atoms with Crippen LogP contribution >= 0.6 is 0 Å². The second-order valence-electron chi connectivity index (χ2n) is 4.01. The summed E-state index contributed by atoms with van der Waals surface area (Å²) in [7, 11) is 1.49. The van der Waals surface area contributed by atoms with Gasteiger partial charge in [-0.05, 0) is 19.1 Å². The molecule has 5 nitrogen and oxygen atoms in total. The first-order valence-corrected chi connectivity index (χ1v) is 5.75. The summed E-state index contributed by atoms with van der Waals surface area (Å²) in [6.07, 6.45) is -0.696. The fraction of sp³-hybridized carbons (Fsp3) is 0.462. The molecule has 2 N–H and O–H groups in total. The molecule has 1 amide bonds. The van der Waals surface area contributed by atoms with E-state index in [1.807, 2.05) is 31.2 Å². The molecule has 0 aliphatic rings. The number of methoxy groups -OCH3 is 1. The molecule has 0 bridgehead atoms. The van der Waals surface area contributed by atoms with Gasteiger partial charge in [0.25, 0.3) is 5.91 Å². The van der Waals surface area contributed by atoms with Crippen molar-refractivity contribution in [3.63, 3.8) is 0 Å². The van der Waals surface area contributed by atoms with E-state index < -0.39 is 6.10 Å². The number of amides is 1. The van der Waals surface area contributed by atoms with E-state index >= 15 is 0 Å². The van der Waals surface area contributed by atoms with Crippen molar-refractivity contribution in [2.75, 3.05) is 26.9 Å². The number of hydrogen-bond donors (Lipinski definition) is 2. The topological polar surface area (TPSA) is 67.8 Å².